The first-order valence-corrected chi connectivity index (χ1v) is 14.8. The van der Waals surface area contributed by atoms with Crippen LogP contribution in [-0.4, -0.2) is 45.3 Å². The summed E-state index contributed by atoms with van der Waals surface area (Å²) in [7, 11) is -2.30. The van der Waals surface area contributed by atoms with E-state index in [1.165, 1.54) is 10.4 Å². The summed E-state index contributed by atoms with van der Waals surface area (Å²) in [4.78, 5) is 11.7. The second-order valence-electron chi connectivity index (χ2n) is 10.9. The fourth-order valence-electron chi connectivity index (χ4n) is 5.73. The van der Waals surface area contributed by atoms with Crippen LogP contribution in [0, 0.1) is 25.6 Å². The minimum absolute atomic E-state index is 0.0576. The third-order valence-corrected chi connectivity index (χ3v) is 9.95. The Morgan fingerprint density at radius 2 is 1.95 bits per heavy atom. The van der Waals surface area contributed by atoms with Crippen molar-refractivity contribution >= 4 is 27.0 Å². The first-order chi connectivity index (χ1) is 19.0. The van der Waals surface area contributed by atoms with Crippen LogP contribution in [0.15, 0.2) is 53.4 Å². The molecule has 8 nitrogen and oxygen atoms in total. The Morgan fingerprint density at radius 1 is 1.18 bits per heavy atom. The van der Waals surface area contributed by atoms with Gasteiger partial charge in [-0.2, -0.15) is 4.31 Å². The predicted molar refractivity (Wildman–Crippen MR) is 150 cm³/mol. The molecule has 0 spiro atoms. The largest absolute Gasteiger partial charge is 0.481 e. The van der Waals surface area contributed by atoms with Gasteiger partial charge in [0, 0.05) is 26.1 Å². The van der Waals surface area contributed by atoms with Crippen LogP contribution in [0.5, 0.6) is 0 Å². The number of rotatable bonds is 6. The summed E-state index contributed by atoms with van der Waals surface area (Å²) < 4.78 is 45.6. The Labute approximate surface area is 233 Å². The maximum absolute atomic E-state index is 14.9. The molecule has 2 atom stereocenters. The summed E-state index contributed by atoms with van der Waals surface area (Å²) >= 11 is 0. The lowest BCUT2D eigenvalue weighted by atomic mass is 9.84. The highest BCUT2D eigenvalue weighted by molar-refractivity contribution is 7.89. The average molecular weight is 565 g/mol. The smallest absolute Gasteiger partial charge is 0.304 e. The monoisotopic (exact) mass is 564 g/mol. The quantitative estimate of drug-likeness (QED) is 0.349. The van der Waals surface area contributed by atoms with E-state index < -0.39 is 27.7 Å². The van der Waals surface area contributed by atoms with Crippen molar-refractivity contribution in [1.82, 2.24) is 19.3 Å². The van der Waals surface area contributed by atoms with Crippen LogP contribution in [0.2, 0.25) is 0 Å². The highest BCUT2D eigenvalue weighted by Crippen LogP contribution is 2.35. The van der Waals surface area contributed by atoms with Gasteiger partial charge in [-0.15, -0.1) is 5.10 Å². The van der Waals surface area contributed by atoms with Crippen LogP contribution in [-0.2, 0) is 34.8 Å². The Balaban J connectivity index is 1.57. The molecule has 1 aromatic heterocycles. The molecular formula is C30H33FN4O4S. The number of sulfonamides is 1. The number of nitrogens with zero attached hydrogens (tertiary/aromatic N) is 4. The fraction of sp³-hybridized carbons (Fsp3) is 0.367. The van der Waals surface area contributed by atoms with E-state index in [4.69, 9.17) is 0 Å². The van der Waals surface area contributed by atoms with E-state index in [0.717, 1.165) is 39.8 Å². The first-order valence-electron chi connectivity index (χ1n) is 13.3. The van der Waals surface area contributed by atoms with Crippen molar-refractivity contribution in [3.8, 4) is 0 Å². The standard InChI is InChI=1S/C30H33FN4O4S/c1-18-8-10-21-6-5-7-26(31)30(21)40(38,39)35(16-18)17-23-14-22(11-9-19(23)2)25(15-28(36)37)24-12-13-27-29(20(24)3)32-33-34(27)4/h5-7,9,11-14,18,25H,8,10,15-17H2,1-4H3,(H,36,37)/t18-,25?/m0/s1. The number of carbonyl (C=O) groups is 1. The summed E-state index contributed by atoms with van der Waals surface area (Å²) in [5.41, 5.74) is 6.13. The van der Waals surface area contributed by atoms with Crippen LogP contribution in [0.3, 0.4) is 0 Å². The molecule has 1 unspecified atom stereocenters. The Bertz CT molecular complexity index is 1720. The molecule has 1 N–H and O–H groups in total. The second-order valence-corrected chi connectivity index (χ2v) is 12.7. The number of benzene rings is 3. The van der Waals surface area contributed by atoms with Gasteiger partial charge in [-0.05, 0) is 78.1 Å². The van der Waals surface area contributed by atoms with Gasteiger partial charge in [0.05, 0.1) is 11.9 Å². The molecule has 40 heavy (non-hydrogen) atoms. The SMILES string of the molecule is Cc1ccc(C(CC(=O)O)c2ccc3c(nnn3C)c2C)cc1CN1C[C@@H](C)CCc2cccc(F)c2S1(=O)=O. The zero-order valence-electron chi connectivity index (χ0n) is 23.1. The zero-order chi connectivity index (χ0) is 28.8. The Hall–Kier alpha value is -3.63. The Morgan fingerprint density at radius 3 is 2.70 bits per heavy atom. The van der Waals surface area contributed by atoms with Gasteiger partial charge in [0.15, 0.2) is 0 Å². The van der Waals surface area contributed by atoms with Gasteiger partial charge >= 0.3 is 5.97 Å². The topological polar surface area (TPSA) is 105 Å². The van der Waals surface area contributed by atoms with Gasteiger partial charge in [-0.1, -0.05) is 48.5 Å². The van der Waals surface area contributed by atoms with Crippen LogP contribution in [0.4, 0.5) is 4.39 Å². The molecule has 5 rings (SSSR count). The highest BCUT2D eigenvalue weighted by Gasteiger charge is 2.33. The van der Waals surface area contributed by atoms with Crippen molar-refractivity contribution in [3.05, 3.63) is 87.7 Å². The number of aromatic nitrogens is 3. The second kappa shape index (κ2) is 10.7. The number of halogens is 1. The third kappa shape index (κ3) is 5.13. The van der Waals surface area contributed by atoms with E-state index in [0.29, 0.717) is 17.5 Å². The molecule has 1 aliphatic heterocycles. The summed E-state index contributed by atoms with van der Waals surface area (Å²) in [6.45, 7) is 6.14. The number of hydrogen-bond donors (Lipinski definition) is 1. The van der Waals surface area contributed by atoms with E-state index in [9.17, 15) is 22.7 Å². The molecule has 3 aromatic carbocycles. The van der Waals surface area contributed by atoms with Gasteiger partial charge in [0.2, 0.25) is 10.0 Å². The van der Waals surface area contributed by atoms with Crippen molar-refractivity contribution in [2.24, 2.45) is 13.0 Å². The van der Waals surface area contributed by atoms with Gasteiger partial charge in [-0.3, -0.25) is 4.79 Å². The number of carboxylic acid groups (broad SMARTS) is 1. The van der Waals surface area contributed by atoms with E-state index in [1.807, 2.05) is 51.1 Å². The molecule has 0 saturated heterocycles. The number of aryl methyl sites for hydroxylation is 4. The normalized spacial score (nSPS) is 18.2. The van der Waals surface area contributed by atoms with E-state index in [2.05, 4.69) is 10.3 Å². The maximum Gasteiger partial charge on any atom is 0.304 e. The minimum Gasteiger partial charge on any atom is -0.481 e. The highest BCUT2D eigenvalue weighted by atomic mass is 32.2. The van der Waals surface area contributed by atoms with E-state index >= 15 is 0 Å². The van der Waals surface area contributed by atoms with E-state index in [-0.39, 0.29) is 30.3 Å². The zero-order valence-corrected chi connectivity index (χ0v) is 23.9. The molecule has 0 aliphatic carbocycles. The molecule has 4 aromatic rings. The summed E-state index contributed by atoms with van der Waals surface area (Å²) in [6.07, 6.45) is 1.10. The molecule has 0 amide bonds. The summed E-state index contributed by atoms with van der Waals surface area (Å²) in [6, 6.07) is 13.9. The van der Waals surface area contributed by atoms with Gasteiger partial charge in [0.25, 0.3) is 0 Å². The number of aliphatic carboxylic acids is 1. The molecule has 0 fully saturated rings. The van der Waals surface area contributed by atoms with Crippen LogP contribution < -0.4 is 0 Å². The predicted octanol–water partition coefficient (Wildman–Crippen LogP) is 5.10. The lowest BCUT2D eigenvalue weighted by Crippen LogP contribution is -2.37. The Kier molecular flexibility index (Phi) is 7.50. The van der Waals surface area contributed by atoms with Crippen molar-refractivity contribution < 1.29 is 22.7 Å². The van der Waals surface area contributed by atoms with Crippen molar-refractivity contribution in [2.45, 2.75) is 57.4 Å². The average Bonchev–Trinajstić information content (AvgIpc) is 3.28. The lowest BCUT2D eigenvalue weighted by molar-refractivity contribution is -0.137. The van der Waals surface area contributed by atoms with Crippen molar-refractivity contribution in [2.75, 3.05) is 6.54 Å². The molecule has 0 radical (unpaired) electrons. The molecule has 0 bridgehead atoms. The molecule has 1 aliphatic rings. The van der Waals surface area contributed by atoms with Gasteiger partial charge < -0.3 is 5.11 Å². The van der Waals surface area contributed by atoms with Crippen molar-refractivity contribution in [1.29, 1.82) is 0 Å². The number of fused-ring (bicyclic) bond motifs is 2. The molecule has 10 heteroatoms. The summed E-state index contributed by atoms with van der Waals surface area (Å²) in [5, 5.41) is 18.2. The molecule has 210 valence electrons. The van der Waals surface area contributed by atoms with Crippen LogP contribution in [0.25, 0.3) is 11.0 Å². The van der Waals surface area contributed by atoms with Crippen LogP contribution in [0.1, 0.15) is 59.1 Å². The lowest BCUT2D eigenvalue weighted by Gasteiger charge is -2.30. The van der Waals surface area contributed by atoms with Gasteiger partial charge in [-0.25, -0.2) is 17.5 Å². The number of hydrogen-bond acceptors (Lipinski definition) is 5. The van der Waals surface area contributed by atoms with E-state index in [1.54, 1.807) is 23.9 Å². The van der Waals surface area contributed by atoms with Crippen molar-refractivity contribution in [3.63, 3.8) is 0 Å². The summed E-state index contributed by atoms with van der Waals surface area (Å²) in [5.74, 6) is -2.09. The molecular weight excluding hydrogens is 531 g/mol. The van der Waals surface area contributed by atoms with Gasteiger partial charge in [0.1, 0.15) is 16.2 Å². The first kappa shape index (κ1) is 27.9. The fourth-order valence-corrected chi connectivity index (χ4v) is 7.57. The minimum atomic E-state index is -4.11. The number of carboxylic acids is 1. The third-order valence-electron chi connectivity index (χ3n) is 8.02. The molecule has 0 saturated carbocycles. The van der Waals surface area contributed by atoms with Crippen LogP contribution >= 0.6 is 0 Å². The maximum atomic E-state index is 14.9. The molecule has 2 heterocycles.